The third kappa shape index (κ3) is 1.41. The Morgan fingerprint density at radius 3 is 2.67 bits per heavy atom. The Balaban J connectivity index is 2.16. The van der Waals surface area contributed by atoms with Crippen molar-refractivity contribution >= 4 is 5.69 Å². The van der Waals surface area contributed by atoms with E-state index in [4.69, 9.17) is 11.5 Å². The lowest BCUT2D eigenvalue weighted by Gasteiger charge is -2.08. The van der Waals surface area contributed by atoms with Crippen molar-refractivity contribution in [2.45, 2.75) is 18.9 Å². The minimum absolute atomic E-state index is 0.116. The highest BCUT2D eigenvalue weighted by atomic mass is 14.8. The molecule has 64 valence electrons. The van der Waals surface area contributed by atoms with Gasteiger partial charge in [-0.05, 0) is 30.9 Å². The van der Waals surface area contributed by atoms with Crippen LogP contribution in [-0.4, -0.2) is 4.98 Å². The summed E-state index contributed by atoms with van der Waals surface area (Å²) in [6.07, 6.45) is 4.15. The van der Waals surface area contributed by atoms with Crippen molar-refractivity contribution in [1.82, 2.24) is 4.98 Å². The number of hydrogen-bond donors (Lipinski definition) is 2. The molecular weight excluding hydrogens is 150 g/mol. The van der Waals surface area contributed by atoms with Gasteiger partial charge in [-0.15, -0.1) is 0 Å². The smallest absolute Gasteiger partial charge is 0.0575 e. The Morgan fingerprint density at radius 1 is 1.42 bits per heavy atom. The summed E-state index contributed by atoms with van der Waals surface area (Å²) < 4.78 is 0. The summed E-state index contributed by atoms with van der Waals surface area (Å²) in [6, 6.07) is 3.88. The second kappa shape index (κ2) is 2.75. The molecule has 0 bridgehead atoms. The summed E-state index contributed by atoms with van der Waals surface area (Å²) in [5.74, 6) is 0.654. The highest BCUT2D eigenvalue weighted by Crippen LogP contribution is 2.38. The maximum atomic E-state index is 5.95. The number of anilines is 1. The van der Waals surface area contributed by atoms with E-state index in [2.05, 4.69) is 4.98 Å². The Kier molecular flexibility index (Phi) is 1.73. The Hall–Kier alpha value is -1.09. The van der Waals surface area contributed by atoms with Crippen LogP contribution in [0, 0.1) is 5.92 Å². The highest BCUT2D eigenvalue weighted by molar-refractivity contribution is 5.35. The van der Waals surface area contributed by atoms with Crippen LogP contribution in [0.25, 0.3) is 0 Å². The summed E-state index contributed by atoms with van der Waals surface area (Å²) in [7, 11) is 0. The molecule has 1 aliphatic rings. The van der Waals surface area contributed by atoms with Crippen molar-refractivity contribution in [2.24, 2.45) is 11.7 Å². The fraction of sp³-hybridized carbons (Fsp3) is 0.444. The van der Waals surface area contributed by atoms with Gasteiger partial charge in [0.1, 0.15) is 0 Å². The summed E-state index contributed by atoms with van der Waals surface area (Å²) in [5.41, 5.74) is 13.1. The zero-order valence-electron chi connectivity index (χ0n) is 6.90. The molecule has 1 fully saturated rings. The standard InChI is InChI=1S/C9H13N3/c10-7-3-4-8(12-5-7)9(11)6-1-2-6/h3-6,9H,1-2,10-11H2. The molecule has 12 heavy (non-hydrogen) atoms. The lowest BCUT2D eigenvalue weighted by Crippen LogP contribution is -2.13. The predicted octanol–water partition coefficient (Wildman–Crippen LogP) is 1.07. The maximum Gasteiger partial charge on any atom is 0.0575 e. The van der Waals surface area contributed by atoms with E-state index in [1.807, 2.05) is 12.1 Å². The van der Waals surface area contributed by atoms with Gasteiger partial charge in [0.2, 0.25) is 0 Å². The van der Waals surface area contributed by atoms with Crippen LogP contribution in [0.15, 0.2) is 18.3 Å². The second-order valence-electron chi connectivity index (χ2n) is 3.38. The first-order valence-corrected chi connectivity index (χ1v) is 4.24. The van der Waals surface area contributed by atoms with E-state index in [-0.39, 0.29) is 6.04 Å². The first-order valence-electron chi connectivity index (χ1n) is 4.24. The number of hydrogen-bond acceptors (Lipinski definition) is 3. The van der Waals surface area contributed by atoms with Crippen LogP contribution in [0.3, 0.4) is 0 Å². The van der Waals surface area contributed by atoms with Crippen molar-refractivity contribution < 1.29 is 0 Å². The molecule has 0 aromatic carbocycles. The molecule has 0 radical (unpaired) electrons. The first kappa shape index (κ1) is 7.55. The molecule has 1 saturated carbocycles. The summed E-state index contributed by atoms with van der Waals surface area (Å²) in [4.78, 5) is 4.19. The van der Waals surface area contributed by atoms with E-state index in [1.54, 1.807) is 6.20 Å². The zero-order valence-corrected chi connectivity index (χ0v) is 6.90. The Labute approximate surface area is 71.8 Å². The second-order valence-corrected chi connectivity index (χ2v) is 3.38. The number of rotatable bonds is 2. The van der Waals surface area contributed by atoms with Crippen LogP contribution in [0.5, 0.6) is 0 Å². The van der Waals surface area contributed by atoms with Gasteiger partial charge < -0.3 is 11.5 Å². The van der Waals surface area contributed by atoms with Crippen LogP contribution in [-0.2, 0) is 0 Å². The molecule has 1 atom stereocenters. The fourth-order valence-electron chi connectivity index (χ4n) is 1.31. The SMILES string of the molecule is Nc1ccc(C(N)C2CC2)nc1. The number of nitrogen functional groups attached to an aromatic ring is 1. The molecule has 0 spiro atoms. The van der Waals surface area contributed by atoms with Crippen LogP contribution in [0.4, 0.5) is 5.69 Å². The van der Waals surface area contributed by atoms with Crippen LogP contribution in [0.2, 0.25) is 0 Å². The summed E-state index contributed by atoms with van der Waals surface area (Å²) >= 11 is 0. The molecule has 1 aromatic heterocycles. The van der Waals surface area contributed by atoms with E-state index in [9.17, 15) is 0 Å². The van der Waals surface area contributed by atoms with Crippen molar-refractivity contribution in [2.75, 3.05) is 5.73 Å². The van der Waals surface area contributed by atoms with E-state index in [1.165, 1.54) is 12.8 Å². The van der Waals surface area contributed by atoms with Gasteiger partial charge in [0.15, 0.2) is 0 Å². The Bertz CT molecular complexity index is 264. The van der Waals surface area contributed by atoms with E-state index in [0.717, 1.165) is 5.69 Å². The van der Waals surface area contributed by atoms with Gasteiger partial charge in [0, 0.05) is 6.04 Å². The molecule has 1 unspecified atom stereocenters. The van der Waals surface area contributed by atoms with Gasteiger partial charge in [-0.25, -0.2) is 0 Å². The monoisotopic (exact) mass is 163 g/mol. The van der Waals surface area contributed by atoms with Crippen molar-refractivity contribution in [3.8, 4) is 0 Å². The molecule has 0 amide bonds. The molecule has 1 aromatic rings. The van der Waals surface area contributed by atoms with Crippen molar-refractivity contribution in [3.63, 3.8) is 0 Å². The van der Waals surface area contributed by atoms with Gasteiger partial charge >= 0.3 is 0 Å². The molecule has 2 rings (SSSR count). The third-order valence-electron chi connectivity index (χ3n) is 2.28. The Morgan fingerprint density at radius 2 is 2.17 bits per heavy atom. The molecule has 1 heterocycles. The normalized spacial score (nSPS) is 19.1. The fourth-order valence-corrected chi connectivity index (χ4v) is 1.31. The quantitative estimate of drug-likeness (QED) is 0.685. The summed E-state index contributed by atoms with van der Waals surface area (Å²) in [6.45, 7) is 0. The number of pyridine rings is 1. The molecule has 0 aliphatic heterocycles. The number of nitrogens with two attached hydrogens (primary N) is 2. The van der Waals surface area contributed by atoms with E-state index in [0.29, 0.717) is 11.6 Å². The largest absolute Gasteiger partial charge is 0.397 e. The molecule has 1 aliphatic carbocycles. The average molecular weight is 163 g/mol. The molecule has 4 N–H and O–H groups in total. The van der Waals surface area contributed by atoms with Crippen molar-refractivity contribution in [3.05, 3.63) is 24.0 Å². The first-order chi connectivity index (χ1) is 5.77. The number of aromatic nitrogens is 1. The minimum atomic E-state index is 0.116. The number of nitrogens with zero attached hydrogens (tertiary/aromatic N) is 1. The van der Waals surface area contributed by atoms with E-state index < -0.39 is 0 Å². The topological polar surface area (TPSA) is 64.9 Å². The third-order valence-corrected chi connectivity index (χ3v) is 2.28. The maximum absolute atomic E-state index is 5.95. The van der Waals surface area contributed by atoms with Gasteiger partial charge in [-0.2, -0.15) is 0 Å². The van der Waals surface area contributed by atoms with Gasteiger partial charge in [0.25, 0.3) is 0 Å². The highest BCUT2D eigenvalue weighted by Gasteiger charge is 2.30. The van der Waals surface area contributed by atoms with Crippen LogP contribution < -0.4 is 11.5 Å². The summed E-state index contributed by atoms with van der Waals surface area (Å²) in [5, 5.41) is 0. The van der Waals surface area contributed by atoms with Gasteiger partial charge in [-0.3, -0.25) is 4.98 Å². The zero-order chi connectivity index (χ0) is 8.55. The van der Waals surface area contributed by atoms with Gasteiger partial charge in [-0.1, -0.05) is 0 Å². The molecule has 3 nitrogen and oxygen atoms in total. The molecule has 0 saturated heterocycles. The minimum Gasteiger partial charge on any atom is -0.397 e. The molecule has 3 heteroatoms. The van der Waals surface area contributed by atoms with Crippen LogP contribution >= 0.6 is 0 Å². The van der Waals surface area contributed by atoms with E-state index >= 15 is 0 Å². The molecular formula is C9H13N3. The predicted molar refractivity (Wildman–Crippen MR) is 48.3 cm³/mol. The van der Waals surface area contributed by atoms with Crippen LogP contribution in [0.1, 0.15) is 24.6 Å². The lowest BCUT2D eigenvalue weighted by atomic mass is 10.1. The van der Waals surface area contributed by atoms with Gasteiger partial charge in [0.05, 0.1) is 17.6 Å². The van der Waals surface area contributed by atoms with Crippen molar-refractivity contribution in [1.29, 1.82) is 0 Å². The average Bonchev–Trinajstić information content (AvgIpc) is 2.87. The lowest BCUT2D eigenvalue weighted by molar-refractivity contribution is 0.615.